The molecule has 3 aromatic rings. The summed E-state index contributed by atoms with van der Waals surface area (Å²) in [5, 5.41) is 13.6. The average Bonchev–Trinajstić information content (AvgIpc) is 3.40. The number of pyridine rings is 1. The van der Waals surface area contributed by atoms with E-state index in [-0.39, 0.29) is 5.69 Å². The van der Waals surface area contributed by atoms with Gasteiger partial charge in [0.05, 0.1) is 23.5 Å². The van der Waals surface area contributed by atoms with Crippen molar-refractivity contribution >= 4 is 5.91 Å². The van der Waals surface area contributed by atoms with E-state index < -0.39 is 5.91 Å². The fourth-order valence-corrected chi connectivity index (χ4v) is 3.81. The Balaban J connectivity index is 1.72. The van der Waals surface area contributed by atoms with Crippen LogP contribution in [0.4, 0.5) is 0 Å². The van der Waals surface area contributed by atoms with Crippen molar-refractivity contribution < 1.29 is 4.79 Å². The molecule has 0 spiro atoms. The van der Waals surface area contributed by atoms with Gasteiger partial charge in [-0.2, -0.15) is 10.4 Å². The second kappa shape index (κ2) is 7.65. The second-order valence-electron chi connectivity index (χ2n) is 7.25. The molecule has 0 saturated heterocycles. The van der Waals surface area contributed by atoms with Gasteiger partial charge in [0.25, 0.3) is 5.91 Å². The largest absolute Gasteiger partial charge is 0.364 e. The third-order valence-electron chi connectivity index (χ3n) is 5.30. The number of aromatic nitrogens is 3. The molecular weight excluding hydrogens is 350 g/mol. The molecule has 140 valence electrons. The minimum atomic E-state index is -0.571. The van der Waals surface area contributed by atoms with Crippen molar-refractivity contribution in [2.45, 2.75) is 32.2 Å². The van der Waals surface area contributed by atoms with Crippen LogP contribution >= 0.6 is 0 Å². The van der Waals surface area contributed by atoms with Crippen molar-refractivity contribution in [1.29, 1.82) is 5.26 Å². The molecule has 2 heterocycles. The summed E-state index contributed by atoms with van der Waals surface area (Å²) in [6.45, 7) is 0.930. The molecule has 1 fully saturated rings. The average molecular weight is 371 g/mol. The Bertz CT molecular complexity index is 1040. The van der Waals surface area contributed by atoms with E-state index in [0.29, 0.717) is 17.2 Å². The summed E-state index contributed by atoms with van der Waals surface area (Å²) in [6, 6.07) is 12.7. The minimum Gasteiger partial charge on any atom is -0.364 e. The topological polar surface area (TPSA) is 97.6 Å². The van der Waals surface area contributed by atoms with Crippen LogP contribution in [0, 0.1) is 17.2 Å². The van der Waals surface area contributed by atoms with Crippen molar-refractivity contribution in [3.8, 4) is 28.5 Å². The molecule has 6 heteroatoms. The number of primary amides is 1. The van der Waals surface area contributed by atoms with Crippen LogP contribution in [0.2, 0.25) is 0 Å². The van der Waals surface area contributed by atoms with E-state index in [1.807, 2.05) is 35.3 Å². The van der Waals surface area contributed by atoms with Crippen molar-refractivity contribution in [3.63, 3.8) is 0 Å². The molecule has 0 radical (unpaired) electrons. The Kier molecular flexibility index (Phi) is 4.90. The standard InChI is InChI=1S/C22H21N5O/c23-11-15-5-7-17(8-6-15)21-19(9-10-20(26-21)22(24)28)18-12-25-27(14-18)13-16-3-1-2-4-16/h5-10,12,14,16H,1-4,13H2,(H2,24,28). The maximum atomic E-state index is 11.6. The maximum Gasteiger partial charge on any atom is 0.267 e. The fraction of sp³-hybridized carbons (Fsp3) is 0.273. The number of nitrogens with zero attached hydrogens (tertiary/aromatic N) is 4. The van der Waals surface area contributed by atoms with Crippen LogP contribution in [0.15, 0.2) is 48.8 Å². The number of rotatable bonds is 5. The number of nitriles is 1. The maximum absolute atomic E-state index is 11.6. The fourth-order valence-electron chi connectivity index (χ4n) is 3.81. The predicted octanol–water partition coefficient (Wildman–Crippen LogP) is 3.77. The molecule has 1 aliphatic rings. The molecule has 4 rings (SSSR count). The SMILES string of the molecule is N#Cc1ccc(-c2nc(C(N)=O)ccc2-c2cnn(CC3CCCC3)c2)cc1. The monoisotopic (exact) mass is 371 g/mol. The van der Waals surface area contributed by atoms with Gasteiger partial charge in [-0.1, -0.05) is 25.0 Å². The summed E-state index contributed by atoms with van der Waals surface area (Å²) >= 11 is 0. The van der Waals surface area contributed by atoms with Gasteiger partial charge in [-0.15, -0.1) is 0 Å². The number of hydrogen-bond donors (Lipinski definition) is 1. The van der Waals surface area contributed by atoms with Gasteiger partial charge in [-0.05, 0) is 43.0 Å². The summed E-state index contributed by atoms with van der Waals surface area (Å²) in [7, 11) is 0. The number of hydrogen-bond acceptors (Lipinski definition) is 4. The third-order valence-corrected chi connectivity index (χ3v) is 5.30. The van der Waals surface area contributed by atoms with Crippen LogP contribution in [0.3, 0.4) is 0 Å². The highest BCUT2D eigenvalue weighted by atomic mass is 16.1. The van der Waals surface area contributed by atoms with Crippen LogP contribution in [0.5, 0.6) is 0 Å². The van der Waals surface area contributed by atoms with E-state index in [1.54, 1.807) is 18.2 Å². The van der Waals surface area contributed by atoms with Gasteiger partial charge in [0.15, 0.2) is 0 Å². The molecule has 0 aliphatic heterocycles. The van der Waals surface area contributed by atoms with Gasteiger partial charge in [0, 0.05) is 29.4 Å². The van der Waals surface area contributed by atoms with Crippen LogP contribution in [-0.4, -0.2) is 20.7 Å². The molecule has 2 N–H and O–H groups in total. The number of amides is 1. The van der Waals surface area contributed by atoms with Crippen molar-refractivity contribution in [3.05, 3.63) is 60.0 Å². The summed E-state index contributed by atoms with van der Waals surface area (Å²) in [4.78, 5) is 16.1. The van der Waals surface area contributed by atoms with E-state index in [0.717, 1.165) is 23.2 Å². The molecule has 1 aliphatic carbocycles. The molecule has 1 saturated carbocycles. The van der Waals surface area contributed by atoms with Gasteiger partial charge >= 0.3 is 0 Å². The lowest BCUT2D eigenvalue weighted by Gasteiger charge is -2.10. The van der Waals surface area contributed by atoms with Crippen molar-refractivity contribution in [1.82, 2.24) is 14.8 Å². The van der Waals surface area contributed by atoms with Gasteiger partial charge in [0.2, 0.25) is 0 Å². The Morgan fingerprint density at radius 3 is 2.57 bits per heavy atom. The normalized spacial score (nSPS) is 14.1. The molecular formula is C22H21N5O. The summed E-state index contributed by atoms with van der Waals surface area (Å²) < 4.78 is 2.00. The zero-order valence-electron chi connectivity index (χ0n) is 15.5. The Labute approximate surface area is 163 Å². The molecule has 0 unspecified atom stereocenters. The summed E-state index contributed by atoms with van der Waals surface area (Å²) in [5.74, 6) is 0.125. The Morgan fingerprint density at radius 1 is 1.14 bits per heavy atom. The lowest BCUT2D eigenvalue weighted by atomic mass is 10.00. The number of benzene rings is 1. The first kappa shape index (κ1) is 17.9. The molecule has 2 aromatic heterocycles. The van der Waals surface area contributed by atoms with Crippen molar-refractivity contribution in [2.24, 2.45) is 11.7 Å². The smallest absolute Gasteiger partial charge is 0.267 e. The van der Waals surface area contributed by atoms with Crippen LogP contribution in [0.1, 0.15) is 41.7 Å². The quantitative estimate of drug-likeness (QED) is 0.738. The minimum absolute atomic E-state index is 0.210. The van der Waals surface area contributed by atoms with Gasteiger partial charge in [0.1, 0.15) is 5.69 Å². The van der Waals surface area contributed by atoms with E-state index in [2.05, 4.69) is 16.2 Å². The first-order valence-electron chi connectivity index (χ1n) is 9.48. The summed E-state index contributed by atoms with van der Waals surface area (Å²) in [5.41, 5.74) is 9.51. The number of carbonyl (C=O) groups is 1. The highest BCUT2D eigenvalue weighted by Gasteiger charge is 2.18. The first-order valence-corrected chi connectivity index (χ1v) is 9.48. The molecule has 6 nitrogen and oxygen atoms in total. The lowest BCUT2D eigenvalue weighted by Crippen LogP contribution is -2.13. The Hall–Kier alpha value is -3.46. The summed E-state index contributed by atoms with van der Waals surface area (Å²) in [6.07, 6.45) is 9.01. The Morgan fingerprint density at radius 2 is 1.89 bits per heavy atom. The van der Waals surface area contributed by atoms with E-state index >= 15 is 0 Å². The highest BCUT2D eigenvalue weighted by molar-refractivity contribution is 5.93. The van der Waals surface area contributed by atoms with Gasteiger partial charge < -0.3 is 5.73 Å². The lowest BCUT2D eigenvalue weighted by molar-refractivity contribution is 0.0995. The number of nitrogens with two attached hydrogens (primary N) is 1. The van der Waals surface area contributed by atoms with Gasteiger partial charge in [-0.3, -0.25) is 9.48 Å². The third kappa shape index (κ3) is 3.65. The molecule has 0 bridgehead atoms. The van der Waals surface area contributed by atoms with Crippen LogP contribution < -0.4 is 5.73 Å². The predicted molar refractivity (Wildman–Crippen MR) is 106 cm³/mol. The zero-order chi connectivity index (χ0) is 19.5. The highest BCUT2D eigenvalue weighted by Crippen LogP contribution is 2.32. The number of carbonyl (C=O) groups excluding carboxylic acids is 1. The second-order valence-corrected chi connectivity index (χ2v) is 7.25. The van der Waals surface area contributed by atoms with Crippen LogP contribution in [-0.2, 0) is 6.54 Å². The first-order chi connectivity index (χ1) is 13.6. The molecule has 1 amide bonds. The van der Waals surface area contributed by atoms with E-state index in [9.17, 15) is 4.79 Å². The van der Waals surface area contributed by atoms with Crippen molar-refractivity contribution in [2.75, 3.05) is 0 Å². The van der Waals surface area contributed by atoms with E-state index in [1.165, 1.54) is 25.7 Å². The zero-order valence-corrected chi connectivity index (χ0v) is 15.5. The molecule has 0 atom stereocenters. The van der Waals surface area contributed by atoms with Crippen LogP contribution in [0.25, 0.3) is 22.4 Å². The van der Waals surface area contributed by atoms with Gasteiger partial charge in [-0.25, -0.2) is 4.98 Å². The molecule has 1 aromatic carbocycles. The molecule has 28 heavy (non-hydrogen) atoms. The van der Waals surface area contributed by atoms with E-state index in [4.69, 9.17) is 11.0 Å².